The number of aromatic hydroxyl groups is 1. The summed E-state index contributed by atoms with van der Waals surface area (Å²) >= 11 is 0. The number of fused-ring (bicyclic) bond motifs is 2. The number of aromatic nitrogens is 5. The average molecular weight is 659 g/mol. The molecule has 1 saturated heterocycles. The summed E-state index contributed by atoms with van der Waals surface area (Å²) in [6.45, 7) is 6.76. The molecule has 2 aliphatic rings. The molecule has 15 heteroatoms. The van der Waals surface area contributed by atoms with Crippen LogP contribution in [0.5, 0.6) is 11.6 Å². The molecular weight excluding hydrogens is 623 g/mol. The van der Waals surface area contributed by atoms with Crippen LogP contribution in [0.15, 0.2) is 46.6 Å². The molecule has 0 amide bonds. The van der Waals surface area contributed by atoms with Crippen LogP contribution in [0.2, 0.25) is 0 Å². The first-order valence-electron chi connectivity index (χ1n) is 15.8. The van der Waals surface area contributed by atoms with Crippen molar-refractivity contribution in [3.05, 3.63) is 74.4 Å². The van der Waals surface area contributed by atoms with Crippen LogP contribution in [0, 0.1) is 17.6 Å². The van der Waals surface area contributed by atoms with Crippen molar-refractivity contribution in [3.63, 3.8) is 0 Å². The summed E-state index contributed by atoms with van der Waals surface area (Å²) in [4.78, 5) is 40.4. The number of hydrogen-bond donors (Lipinski definition) is 2. The highest BCUT2D eigenvalue weighted by Gasteiger charge is 2.33. The molecule has 2 fully saturated rings. The summed E-state index contributed by atoms with van der Waals surface area (Å²) in [5.41, 5.74) is 1.97. The van der Waals surface area contributed by atoms with Gasteiger partial charge in [0.05, 0.1) is 35.8 Å². The molecular formula is C33H35FN8O6. The van der Waals surface area contributed by atoms with Crippen LogP contribution in [0.3, 0.4) is 0 Å². The molecule has 3 aromatic heterocycles. The minimum absolute atomic E-state index is 0.00853. The van der Waals surface area contributed by atoms with Gasteiger partial charge in [0, 0.05) is 62.6 Å². The van der Waals surface area contributed by atoms with Crippen molar-refractivity contribution in [3.8, 4) is 11.6 Å². The van der Waals surface area contributed by atoms with Gasteiger partial charge in [-0.2, -0.15) is 0 Å². The minimum atomic E-state index is -1.35. The smallest absolute Gasteiger partial charge is 0.341 e. The van der Waals surface area contributed by atoms with Crippen LogP contribution in [0.4, 0.5) is 15.8 Å². The standard InChI is InChI=1S/C33H35FN8O6/c1-18-4-7-26-22(12-18)27(36-47)32(44)41(26)11-10-40-16-20(35-37-40)15-38-8-9-39(14-19(38)2)29-25(34)13-23-28(31(29)48-3)42(21-5-6-21)17-24(30(23)43)33(45)46/h4,7,12-13,16-17,19,21,44H,5-6,8-11,14-15H2,1-3H3,(H,45,46). The second-order valence-electron chi connectivity index (χ2n) is 12.6. The summed E-state index contributed by atoms with van der Waals surface area (Å²) in [6, 6.07) is 6.74. The Kier molecular flexibility index (Phi) is 7.86. The number of hydrogen-bond acceptors (Lipinski definition) is 10. The first-order chi connectivity index (χ1) is 23.1. The Hall–Kier alpha value is -5.31. The monoisotopic (exact) mass is 658 g/mol. The maximum atomic E-state index is 15.8. The largest absolute Gasteiger partial charge is 0.493 e. The molecule has 1 saturated carbocycles. The van der Waals surface area contributed by atoms with Crippen molar-refractivity contribution in [1.29, 1.82) is 0 Å². The topological polar surface area (TPSA) is 160 Å². The van der Waals surface area contributed by atoms with Crippen LogP contribution in [0.25, 0.3) is 21.8 Å². The SMILES string of the molecule is COc1c(N2CCN(Cc3cn(CCn4c(O)c(N=O)c5cc(C)ccc54)nn3)C(C)C2)c(F)cc2c(=O)c(C(=O)O)cn(C3CC3)c12. The van der Waals surface area contributed by atoms with Gasteiger partial charge < -0.3 is 29.0 Å². The quantitative estimate of drug-likeness (QED) is 0.204. The van der Waals surface area contributed by atoms with E-state index in [2.05, 4.69) is 20.4 Å². The Labute approximate surface area is 273 Å². The van der Waals surface area contributed by atoms with E-state index in [-0.39, 0.29) is 40.5 Å². The van der Waals surface area contributed by atoms with E-state index in [4.69, 9.17) is 4.74 Å². The van der Waals surface area contributed by atoms with Crippen molar-refractivity contribution < 1.29 is 24.1 Å². The molecule has 1 unspecified atom stereocenters. The van der Waals surface area contributed by atoms with E-state index in [0.717, 1.165) is 30.2 Å². The van der Waals surface area contributed by atoms with Crippen LogP contribution < -0.4 is 15.1 Å². The minimum Gasteiger partial charge on any atom is -0.493 e. The molecule has 1 aliphatic heterocycles. The maximum absolute atomic E-state index is 15.8. The number of carbonyl (C=O) groups is 1. The number of benzene rings is 2. The number of aromatic carboxylic acids is 1. The van der Waals surface area contributed by atoms with Gasteiger partial charge in [-0.1, -0.05) is 16.8 Å². The van der Waals surface area contributed by atoms with Crippen LogP contribution in [-0.4, -0.2) is 78.0 Å². The number of nitrogens with zero attached hydrogens (tertiary/aromatic N) is 8. The molecule has 1 atom stereocenters. The number of carboxylic acid groups (broad SMARTS) is 1. The highest BCUT2D eigenvalue weighted by atomic mass is 19.1. The molecule has 5 aromatic rings. The highest BCUT2D eigenvalue weighted by Crippen LogP contribution is 2.44. The van der Waals surface area contributed by atoms with Crippen LogP contribution >= 0.6 is 0 Å². The Balaban J connectivity index is 1.07. The molecule has 48 heavy (non-hydrogen) atoms. The summed E-state index contributed by atoms with van der Waals surface area (Å²) in [6.07, 6.45) is 4.86. The van der Waals surface area contributed by atoms with Crippen LogP contribution in [-0.2, 0) is 19.6 Å². The second kappa shape index (κ2) is 12.0. The van der Waals surface area contributed by atoms with E-state index >= 15 is 4.39 Å². The summed E-state index contributed by atoms with van der Waals surface area (Å²) in [7, 11) is 1.44. The molecule has 0 bridgehead atoms. The van der Waals surface area contributed by atoms with E-state index in [1.54, 1.807) is 13.8 Å². The fourth-order valence-corrected chi connectivity index (χ4v) is 6.84. The average Bonchev–Trinajstić information content (AvgIpc) is 3.75. The number of methoxy groups -OCH3 is 1. The van der Waals surface area contributed by atoms with Gasteiger partial charge in [0.2, 0.25) is 11.3 Å². The second-order valence-corrected chi connectivity index (χ2v) is 12.6. The number of pyridine rings is 1. The number of carboxylic acids is 1. The van der Waals surface area contributed by atoms with Crippen LogP contribution in [0.1, 0.15) is 47.4 Å². The Morgan fingerprint density at radius 3 is 2.62 bits per heavy atom. The van der Waals surface area contributed by atoms with Crippen molar-refractivity contribution in [2.24, 2.45) is 5.18 Å². The normalized spacial score (nSPS) is 17.0. The number of aryl methyl sites for hydroxylation is 3. The van der Waals surface area contributed by atoms with Crippen molar-refractivity contribution in [2.45, 2.75) is 58.4 Å². The maximum Gasteiger partial charge on any atom is 0.341 e. The molecule has 14 nitrogen and oxygen atoms in total. The number of nitroso groups, excluding NO2 is 1. The third kappa shape index (κ3) is 5.33. The van der Waals surface area contributed by atoms with E-state index in [1.165, 1.54) is 13.3 Å². The zero-order valence-electron chi connectivity index (χ0n) is 26.8. The summed E-state index contributed by atoms with van der Waals surface area (Å²) in [5.74, 6) is -1.95. The number of halogens is 1. The lowest BCUT2D eigenvalue weighted by molar-refractivity contribution is 0.0694. The molecule has 250 valence electrons. The van der Waals surface area contributed by atoms with Gasteiger partial charge in [-0.05, 0) is 50.1 Å². The lowest BCUT2D eigenvalue weighted by atomic mass is 10.1. The number of ether oxygens (including phenoxy) is 1. The molecule has 2 N–H and O–H groups in total. The Bertz CT molecular complexity index is 2150. The summed E-state index contributed by atoms with van der Waals surface area (Å²) in [5, 5.41) is 32.5. The number of anilines is 1. The third-order valence-electron chi connectivity index (χ3n) is 9.41. The number of piperazine rings is 1. The van der Waals surface area contributed by atoms with E-state index in [1.807, 2.05) is 43.1 Å². The Morgan fingerprint density at radius 1 is 1.15 bits per heavy atom. The van der Waals surface area contributed by atoms with Gasteiger partial charge in [-0.3, -0.25) is 14.4 Å². The van der Waals surface area contributed by atoms with Gasteiger partial charge in [0.1, 0.15) is 11.3 Å². The zero-order valence-corrected chi connectivity index (χ0v) is 26.8. The molecule has 0 radical (unpaired) electrons. The third-order valence-corrected chi connectivity index (χ3v) is 9.41. The lowest BCUT2D eigenvalue weighted by Crippen LogP contribution is -2.51. The number of rotatable bonds is 10. The van der Waals surface area contributed by atoms with E-state index in [9.17, 15) is 24.7 Å². The molecule has 0 spiro atoms. The first-order valence-corrected chi connectivity index (χ1v) is 15.8. The van der Waals surface area contributed by atoms with Gasteiger partial charge in [-0.25, -0.2) is 9.18 Å². The highest BCUT2D eigenvalue weighted by molar-refractivity contribution is 5.97. The zero-order chi connectivity index (χ0) is 33.9. The predicted molar refractivity (Wildman–Crippen MR) is 176 cm³/mol. The van der Waals surface area contributed by atoms with Gasteiger partial charge in [0.15, 0.2) is 17.3 Å². The van der Waals surface area contributed by atoms with Gasteiger partial charge in [0.25, 0.3) is 0 Å². The van der Waals surface area contributed by atoms with Gasteiger partial charge >= 0.3 is 5.97 Å². The molecule has 1 aliphatic carbocycles. The van der Waals surface area contributed by atoms with E-state index in [0.29, 0.717) is 55.7 Å². The predicted octanol–water partition coefficient (Wildman–Crippen LogP) is 4.55. The fourth-order valence-electron chi connectivity index (χ4n) is 6.84. The van der Waals surface area contributed by atoms with Crippen molar-refractivity contribution >= 4 is 39.1 Å². The van der Waals surface area contributed by atoms with Crippen molar-refractivity contribution in [2.75, 3.05) is 31.6 Å². The lowest BCUT2D eigenvalue weighted by Gasteiger charge is -2.41. The molecule has 7 rings (SSSR count). The van der Waals surface area contributed by atoms with Gasteiger partial charge in [-0.15, -0.1) is 10.0 Å². The van der Waals surface area contributed by atoms with Crippen molar-refractivity contribution in [1.82, 2.24) is 29.0 Å². The molecule has 2 aromatic carbocycles. The fraction of sp³-hybridized carbons (Fsp3) is 0.394. The summed E-state index contributed by atoms with van der Waals surface area (Å²) < 4.78 is 26.7. The van der Waals surface area contributed by atoms with E-state index < -0.39 is 22.8 Å². The first kappa shape index (κ1) is 31.3. The Morgan fingerprint density at radius 2 is 1.94 bits per heavy atom. The molecule has 4 heterocycles.